The fourth-order valence-electron chi connectivity index (χ4n) is 2.10. The van der Waals surface area contributed by atoms with Gasteiger partial charge in [-0.05, 0) is 12.0 Å². The minimum Gasteiger partial charge on any atom is -0.493 e. The van der Waals surface area contributed by atoms with Crippen molar-refractivity contribution in [3.63, 3.8) is 0 Å². The first-order valence-electron chi connectivity index (χ1n) is 6.65. The van der Waals surface area contributed by atoms with Gasteiger partial charge in [0, 0.05) is 32.4 Å². The fourth-order valence-corrected chi connectivity index (χ4v) is 2.10. The molecule has 1 aromatic rings. The van der Waals surface area contributed by atoms with E-state index < -0.39 is 0 Å². The van der Waals surface area contributed by atoms with Crippen molar-refractivity contribution in [2.24, 2.45) is 5.92 Å². The number of ether oxygens (including phenoxy) is 4. The molecule has 1 atom stereocenters. The average Bonchev–Trinajstić information content (AvgIpc) is 2.46. The van der Waals surface area contributed by atoms with E-state index in [1.165, 1.54) is 0 Å². The molecule has 1 unspecified atom stereocenters. The first-order chi connectivity index (χ1) is 9.67. The van der Waals surface area contributed by atoms with Gasteiger partial charge in [-0.2, -0.15) is 0 Å². The largest absolute Gasteiger partial charge is 0.493 e. The molecular formula is C15H25NO4. The summed E-state index contributed by atoms with van der Waals surface area (Å²) in [6.45, 7) is 4.47. The molecule has 1 N–H and O–H groups in total. The summed E-state index contributed by atoms with van der Waals surface area (Å²) in [6.07, 6.45) is 0. The zero-order valence-corrected chi connectivity index (χ0v) is 13.0. The molecule has 114 valence electrons. The Labute approximate surface area is 121 Å². The van der Waals surface area contributed by atoms with E-state index in [9.17, 15) is 0 Å². The van der Waals surface area contributed by atoms with Crippen LogP contribution < -0.4 is 19.5 Å². The quantitative estimate of drug-likeness (QED) is 0.752. The lowest BCUT2D eigenvalue weighted by molar-refractivity contribution is 0.158. The first-order valence-corrected chi connectivity index (χ1v) is 6.65. The lowest BCUT2D eigenvalue weighted by Crippen LogP contribution is -2.23. The third-order valence-corrected chi connectivity index (χ3v) is 3.05. The molecule has 0 saturated heterocycles. The third-order valence-electron chi connectivity index (χ3n) is 3.05. The van der Waals surface area contributed by atoms with Crippen LogP contribution in [0.3, 0.4) is 0 Å². The van der Waals surface area contributed by atoms with Crippen molar-refractivity contribution in [3.8, 4) is 17.2 Å². The predicted octanol–water partition coefficient (Wildman–Crippen LogP) is 2.08. The first kappa shape index (κ1) is 16.6. The van der Waals surface area contributed by atoms with Gasteiger partial charge in [0.15, 0.2) is 11.5 Å². The van der Waals surface area contributed by atoms with Crippen LogP contribution in [-0.4, -0.2) is 41.6 Å². The molecule has 0 saturated carbocycles. The molecule has 0 fully saturated rings. The van der Waals surface area contributed by atoms with Gasteiger partial charge in [-0.15, -0.1) is 0 Å². The molecule has 0 aliphatic carbocycles. The maximum Gasteiger partial charge on any atom is 0.203 e. The van der Waals surface area contributed by atoms with Crippen LogP contribution in [0.25, 0.3) is 0 Å². The van der Waals surface area contributed by atoms with Crippen molar-refractivity contribution in [2.45, 2.75) is 13.5 Å². The maximum atomic E-state index is 5.45. The second-order valence-corrected chi connectivity index (χ2v) is 4.68. The highest BCUT2D eigenvalue weighted by Crippen LogP contribution is 2.39. The van der Waals surface area contributed by atoms with Crippen LogP contribution in [0.4, 0.5) is 0 Å². The third kappa shape index (κ3) is 4.28. The summed E-state index contributed by atoms with van der Waals surface area (Å²) in [7, 11) is 6.57. The number of hydrogen-bond acceptors (Lipinski definition) is 5. The average molecular weight is 283 g/mol. The molecule has 0 spiro atoms. The van der Waals surface area contributed by atoms with Crippen LogP contribution in [0, 0.1) is 5.92 Å². The van der Waals surface area contributed by atoms with E-state index in [0.717, 1.165) is 18.7 Å². The monoisotopic (exact) mass is 283 g/mol. The van der Waals surface area contributed by atoms with Crippen molar-refractivity contribution >= 4 is 0 Å². The van der Waals surface area contributed by atoms with Crippen LogP contribution in [0.5, 0.6) is 17.2 Å². The Bertz CT molecular complexity index is 409. The molecule has 5 nitrogen and oxygen atoms in total. The fraction of sp³-hybridized carbons (Fsp3) is 0.600. The normalized spacial score (nSPS) is 12.1. The topological polar surface area (TPSA) is 49.0 Å². The number of rotatable bonds is 9. The molecule has 5 heteroatoms. The summed E-state index contributed by atoms with van der Waals surface area (Å²) in [4.78, 5) is 0. The lowest BCUT2D eigenvalue weighted by Gasteiger charge is -2.17. The molecule has 1 rings (SSSR count). The van der Waals surface area contributed by atoms with Gasteiger partial charge in [-0.1, -0.05) is 13.0 Å². The van der Waals surface area contributed by atoms with Crippen LogP contribution in [0.15, 0.2) is 12.1 Å². The molecule has 0 heterocycles. The Kier molecular flexibility index (Phi) is 7.18. The zero-order valence-electron chi connectivity index (χ0n) is 13.0. The van der Waals surface area contributed by atoms with Crippen molar-refractivity contribution in [1.29, 1.82) is 0 Å². The van der Waals surface area contributed by atoms with Gasteiger partial charge < -0.3 is 24.3 Å². The molecule has 0 amide bonds. The predicted molar refractivity (Wildman–Crippen MR) is 78.8 cm³/mol. The summed E-state index contributed by atoms with van der Waals surface area (Å²) in [5.41, 5.74) is 1.04. The zero-order chi connectivity index (χ0) is 15.0. The SMILES string of the molecule is COCC(C)CNCc1ccc(OC)c(OC)c1OC. The molecule has 0 bridgehead atoms. The Morgan fingerprint density at radius 2 is 1.70 bits per heavy atom. The van der Waals surface area contributed by atoms with E-state index in [2.05, 4.69) is 12.2 Å². The molecule has 0 aliphatic heterocycles. The highest BCUT2D eigenvalue weighted by atomic mass is 16.5. The van der Waals surface area contributed by atoms with Crippen LogP contribution >= 0.6 is 0 Å². The van der Waals surface area contributed by atoms with Crippen LogP contribution in [-0.2, 0) is 11.3 Å². The van der Waals surface area contributed by atoms with E-state index in [1.54, 1.807) is 28.4 Å². The number of benzene rings is 1. The number of nitrogens with one attached hydrogen (secondary N) is 1. The highest BCUT2D eigenvalue weighted by molar-refractivity contribution is 5.55. The van der Waals surface area contributed by atoms with Crippen LogP contribution in [0.2, 0.25) is 0 Å². The van der Waals surface area contributed by atoms with Gasteiger partial charge in [0.1, 0.15) is 0 Å². The lowest BCUT2D eigenvalue weighted by atomic mass is 10.1. The number of hydrogen-bond donors (Lipinski definition) is 1. The van der Waals surface area contributed by atoms with Gasteiger partial charge in [0.2, 0.25) is 5.75 Å². The summed E-state index contributed by atoms with van der Waals surface area (Å²) >= 11 is 0. The molecule has 20 heavy (non-hydrogen) atoms. The minimum absolute atomic E-state index is 0.464. The Morgan fingerprint density at radius 1 is 1.00 bits per heavy atom. The smallest absolute Gasteiger partial charge is 0.203 e. The van der Waals surface area contributed by atoms with Gasteiger partial charge in [-0.25, -0.2) is 0 Å². The van der Waals surface area contributed by atoms with Gasteiger partial charge in [-0.3, -0.25) is 0 Å². The molecular weight excluding hydrogens is 258 g/mol. The Balaban J connectivity index is 2.75. The van der Waals surface area contributed by atoms with Crippen molar-refractivity contribution < 1.29 is 18.9 Å². The van der Waals surface area contributed by atoms with E-state index in [-0.39, 0.29) is 0 Å². The summed E-state index contributed by atoms with van der Waals surface area (Å²) in [5.74, 6) is 2.46. The highest BCUT2D eigenvalue weighted by Gasteiger charge is 2.15. The molecule has 0 aliphatic rings. The van der Waals surface area contributed by atoms with Gasteiger partial charge in [0.25, 0.3) is 0 Å². The molecule has 1 aromatic carbocycles. The summed E-state index contributed by atoms with van der Waals surface area (Å²) < 4.78 is 21.2. The van der Waals surface area contributed by atoms with Crippen molar-refractivity contribution in [3.05, 3.63) is 17.7 Å². The Hall–Kier alpha value is -1.46. The second-order valence-electron chi connectivity index (χ2n) is 4.68. The minimum atomic E-state index is 0.464. The standard InChI is InChI=1S/C15H25NO4/c1-11(10-17-2)8-16-9-12-6-7-13(18-3)15(20-5)14(12)19-4/h6-7,11,16H,8-10H2,1-5H3. The second kappa shape index (κ2) is 8.66. The van der Waals surface area contributed by atoms with E-state index >= 15 is 0 Å². The van der Waals surface area contributed by atoms with Crippen LogP contribution in [0.1, 0.15) is 12.5 Å². The van der Waals surface area contributed by atoms with Crippen molar-refractivity contribution in [2.75, 3.05) is 41.6 Å². The van der Waals surface area contributed by atoms with Gasteiger partial charge >= 0.3 is 0 Å². The van der Waals surface area contributed by atoms with E-state index in [1.807, 2.05) is 12.1 Å². The molecule has 0 aromatic heterocycles. The number of methoxy groups -OCH3 is 4. The van der Waals surface area contributed by atoms with E-state index in [0.29, 0.717) is 29.7 Å². The Morgan fingerprint density at radius 3 is 2.25 bits per heavy atom. The van der Waals surface area contributed by atoms with Crippen molar-refractivity contribution in [1.82, 2.24) is 5.32 Å². The van der Waals surface area contributed by atoms with E-state index in [4.69, 9.17) is 18.9 Å². The summed E-state index contributed by atoms with van der Waals surface area (Å²) in [6, 6.07) is 3.87. The van der Waals surface area contributed by atoms with Gasteiger partial charge in [0.05, 0.1) is 21.3 Å². The molecule has 0 radical (unpaired) electrons. The maximum absolute atomic E-state index is 5.45. The summed E-state index contributed by atoms with van der Waals surface area (Å²) in [5, 5.41) is 3.39.